The van der Waals surface area contributed by atoms with E-state index in [0.717, 1.165) is 25.9 Å². The lowest BCUT2D eigenvalue weighted by Gasteiger charge is -2.26. The summed E-state index contributed by atoms with van der Waals surface area (Å²) < 4.78 is 0. The van der Waals surface area contributed by atoms with Crippen molar-refractivity contribution in [2.75, 3.05) is 13.1 Å². The second kappa shape index (κ2) is 6.10. The zero-order valence-electron chi connectivity index (χ0n) is 8.36. The Morgan fingerprint density at radius 1 is 1.67 bits per heavy atom. The molecule has 0 unspecified atom stereocenters. The summed E-state index contributed by atoms with van der Waals surface area (Å²) in [5.74, 6) is 0.146. The van der Waals surface area contributed by atoms with Crippen molar-refractivity contribution >= 4 is 29.7 Å². The van der Waals surface area contributed by atoms with Crippen molar-refractivity contribution in [3.8, 4) is 0 Å². The van der Waals surface area contributed by atoms with E-state index in [1.54, 1.807) is 11.3 Å². The Balaban J connectivity index is 0.00000112. The zero-order valence-corrected chi connectivity index (χ0v) is 10.00. The molecule has 0 aliphatic carbocycles. The van der Waals surface area contributed by atoms with Crippen LogP contribution in [0.3, 0.4) is 0 Å². The van der Waals surface area contributed by atoms with Gasteiger partial charge in [0.1, 0.15) is 0 Å². The second-order valence-electron chi connectivity index (χ2n) is 3.42. The molecule has 5 heteroatoms. The van der Waals surface area contributed by atoms with Crippen LogP contribution in [0, 0.1) is 0 Å². The predicted octanol–water partition coefficient (Wildman–Crippen LogP) is 1.19. The van der Waals surface area contributed by atoms with E-state index in [0.29, 0.717) is 0 Å². The third-order valence-corrected chi connectivity index (χ3v) is 3.33. The van der Waals surface area contributed by atoms with Crippen LogP contribution in [0.5, 0.6) is 0 Å². The first-order chi connectivity index (χ1) is 6.86. The number of hydrogen-bond donors (Lipinski definition) is 2. The third kappa shape index (κ3) is 3.48. The molecule has 0 bridgehead atoms. The molecule has 1 amide bonds. The Bertz CT molecular complexity index is 298. The van der Waals surface area contributed by atoms with E-state index in [-0.39, 0.29) is 24.4 Å². The summed E-state index contributed by atoms with van der Waals surface area (Å²) in [4.78, 5) is 12.7. The van der Waals surface area contributed by atoms with E-state index in [4.69, 9.17) is 0 Å². The summed E-state index contributed by atoms with van der Waals surface area (Å²) in [6.45, 7) is 1.72. The van der Waals surface area contributed by atoms with Crippen LogP contribution in [-0.4, -0.2) is 25.0 Å². The number of hydrogen-bond acceptors (Lipinski definition) is 3. The van der Waals surface area contributed by atoms with E-state index in [1.165, 1.54) is 4.88 Å². The summed E-state index contributed by atoms with van der Waals surface area (Å²) in [7, 11) is 0. The predicted molar refractivity (Wildman–Crippen MR) is 64.7 cm³/mol. The van der Waals surface area contributed by atoms with Crippen molar-refractivity contribution in [1.29, 1.82) is 0 Å². The maximum absolute atomic E-state index is 11.4. The van der Waals surface area contributed by atoms with Gasteiger partial charge >= 0.3 is 0 Å². The molecule has 84 valence electrons. The van der Waals surface area contributed by atoms with Crippen LogP contribution in [0.25, 0.3) is 0 Å². The molecule has 2 N–H and O–H groups in total. The number of amides is 1. The Morgan fingerprint density at radius 2 is 2.47 bits per heavy atom. The molecule has 0 aromatic carbocycles. The highest BCUT2D eigenvalue weighted by Gasteiger charge is 2.23. The molecule has 1 atom stereocenters. The van der Waals surface area contributed by atoms with E-state index >= 15 is 0 Å². The molecule has 1 aliphatic heterocycles. The van der Waals surface area contributed by atoms with Crippen molar-refractivity contribution in [2.45, 2.75) is 18.9 Å². The largest absolute Gasteiger partial charge is 0.354 e. The summed E-state index contributed by atoms with van der Waals surface area (Å²) in [6.07, 6.45) is 1.92. The fraction of sp³-hybridized carbons (Fsp3) is 0.500. The Labute approximate surface area is 99.7 Å². The minimum Gasteiger partial charge on any atom is -0.354 e. The third-order valence-electron chi connectivity index (χ3n) is 2.39. The lowest BCUT2D eigenvalue weighted by molar-refractivity contribution is -0.124. The van der Waals surface area contributed by atoms with Crippen LogP contribution < -0.4 is 10.6 Å². The highest BCUT2D eigenvalue weighted by molar-refractivity contribution is 7.09. The normalized spacial score (nSPS) is 18.8. The van der Waals surface area contributed by atoms with Gasteiger partial charge in [0.15, 0.2) is 0 Å². The van der Waals surface area contributed by atoms with Gasteiger partial charge in [-0.1, -0.05) is 6.07 Å². The first-order valence-corrected chi connectivity index (χ1v) is 5.78. The molecule has 1 aromatic rings. The fourth-order valence-corrected chi connectivity index (χ4v) is 2.11. The number of thiophene rings is 1. The number of halogens is 1. The van der Waals surface area contributed by atoms with Gasteiger partial charge in [0.2, 0.25) is 5.91 Å². The van der Waals surface area contributed by atoms with Gasteiger partial charge in [0.05, 0.1) is 6.04 Å². The molecule has 0 saturated carbocycles. The van der Waals surface area contributed by atoms with Gasteiger partial charge in [-0.15, -0.1) is 23.7 Å². The first-order valence-electron chi connectivity index (χ1n) is 4.90. The summed E-state index contributed by atoms with van der Waals surface area (Å²) in [5.41, 5.74) is 0. The molecule has 1 aromatic heterocycles. The van der Waals surface area contributed by atoms with Crippen LogP contribution in [-0.2, 0) is 11.2 Å². The Hall–Kier alpha value is -0.580. The lowest BCUT2D eigenvalue weighted by atomic mass is 10.1. The molecule has 1 saturated heterocycles. The van der Waals surface area contributed by atoms with Crippen LogP contribution >= 0.6 is 23.7 Å². The minimum absolute atomic E-state index is 0. The van der Waals surface area contributed by atoms with E-state index < -0.39 is 0 Å². The summed E-state index contributed by atoms with van der Waals surface area (Å²) in [6, 6.07) is 4.20. The first kappa shape index (κ1) is 12.5. The smallest absolute Gasteiger partial charge is 0.237 e. The quantitative estimate of drug-likeness (QED) is 0.838. The highest BCUT2D eigenvalue weighted by Crippen LogP contribution is 2.08. The summed E-state index contributed by atoms with van der Waals surface area (Å²) >= 11 is 1.74. The maximum atomic E-state index is 11.4. The fourth-order valence-electron chi connectivity index (χ4n) is 1.40. The monoisotopic (exact) mass is 246 g/mol. The zero-order chi connectivity index (χ0) is 9.80. The minimum atomic E-state index is 0. The topological polar surface area (TPSA) is 41.1 Å². The molecule has 15 heavy (non-hydrogen) atoms. The van der Waals surface area contributed by atoms with Crippen molar-refractivity contribution in [3.05, 3.63) is 22.4 Å². The number of rotatable bonds is 4. The molecular formula is C10H15ClN2OS. The molecule has 2 heterocycles. The van der Waals surface area contributed by atoms with Gasteiger partial charge in [-0.3, -0.25) is 4.79 Å². The van der Waals surface area contributed by atoms with Crippen LogP contribution in [0.1, 0.15) is 11.3 Å². The van der Waals surface area contributed by atoms with Gasteiger partial charge in [-0.05, 0) is 30.8 Å². The molecule has 1 aliphatic rings. The maximum Gasteiger partial charge on any atom is 0.237 e. The van der Waals surface area contributed by atoms with Crippen LogP contribution in [0.2, 0.25) is 0 Å². The SMILES string of the molecule is Cl.O=C(NCCc1cccs1)[C@H]1CCN1. The molecule has 0 spiro atoms. The van der Waals surface area contributed by atoms with Crippen LogP contribution in [0.4, 0.5) is 0 Å². The van der Waals surface area contributed by atoms with Gasteiger partial charge in [-0.2, -0.15) is 0 Å². The van der Waals surface area contributed by atoms with Crippen molar-refractivity contribution < 1.29 is 4.79 Å². The number of nitrogens with one attached hydrogen (secondary N) is 2. The molecule has 1 fully saturated rings. The van der Waals surface area contributed by atoms with Crippen molar-refractivity contribution in [3.63, 3.8) is 0 Å². The molecule has 2 rings (SSSR count). The standard InChI is InChI=1S/C10H14N2OS.ClH/c13-10(9-4-6-11-9)12-5-3-8-2-1-7-14-8;/h1-2,7,9,11H,3-6H2,(H,12,13);1H/t9-;/m1./s1. The lowest BCUT2D eigenvalue weighted by Crippen LogP contribution is -2.53. The van der Waals surface area contributed by atoms with E-state index in [9.17, 15) is 4.79 Å². The van der Waals surface area contributed by atoms with Gasteiger partial charge in [0, 0.05) is 11.4 Å². The van der Waals surface area contributed by atoms with E-state index in [2.05, 4.69) is 22.1 Å². The molecular weight excluding hydrogens is 232 g/mol. The average molecular weight is 247 g/mol. The number of carbonyl (C=O) groups excluding carboxylic acids is 1. The molecule has 0 radical (unpaired) electrons. The Kier molecular flexibility index (Phi) is 5.08. The van der Waals surface area contributed by atoms with Gasteiger partial charge in [-0.25, -0.2) is 0 Å². The number of carbonyl (C=O) groups is 1. The van der Waals surface area contributed by atoms with Crippen molar-refractivity contribution in [1.82, 2.24) is 10.6 Å². The van der Waals surface area contributed by atoms with Crippen LogP contribution in [0.15, 0.2) is 17.5 Å². The van der Waals surface area contributed by atoms with Crippen molar-refractivity contribution in [2.24, 2.45) is 0 Å². The summed E-state index contributed by atoms with van der Waals surface area (Å²) in [5, 5.41) is 8.07. The average Bonchev–Trinajstić information content (AvgIpc) is 2.53. The molecule has 3 nitrogen and oxygen atoms in total. The Morgan fingerprint density at radius 3 is 3.00 bits per heavy atom. The van der Waals surface area contributed by atoms with Gasteiger partial charge in [0.25, 0.3) is 0 Å². The van der Waals surface area contributed by atoms with E-state index in [1.807, 2.05) is 6.07 Å². The second-order valence-corrected chi connectivity index (χ2v) is 4.45. The highest BCUT2D eigenvalue weighted by atomic mass is 35.5. The van der Waals surface area contributed by atoms with Gasteiger partial charge < -0.3 is 10.6 Å².